The molecule has 5 heteroatoms. The molecule has 4 nitrogen and oxygen atoms in total. The van der Waals surface area contributed by atoms with Crippen LogP contribution in [0.2, 0.25) is 5.15 Å². The van der Waals surface area contributed by atoms with Gasteiger partial charge >= 0.3 is 0 Å². The molecule has 1 aromatic rings. The highest BCUT2D eigenvalue weighted by Crippen LogP contribution is 2.06. The van der Waals surface area contributed by atoms with Crippen LogP contribution in [0, 0.1) is 0 Å². The third-order valence-electron chi connectivity index (χ3n) is 1.73. The summed E-state index contributed by atoms with van der Waals surface area (Å²) in [5.74, 6) is 0.224. The maximum Gasteiger partial charge on any atom is 0.252 e. The molecule has 15 heavy (non-hydrogen) atoms. The normalized spacial score (nSPS) is 11.3. The van der Waals surface area contributed by atoms with Crippen molar-refractivity contribution in [2.24, 2.45) is 0 Å². The molecule has 1 aromatic heterocycles. The number of allylic oxidation sites excluding steroid dienone is 1. The van der Waals surface area contributed by atoms with Crippen LogP contribution in [-0.4, -0.2) is 15.9 Å². The van der Waals surface area contributed by atoms with E-state index in [2.05, 4.69) is 15.3 Å². The van der Waals surface area contributed by atoms with Crippen LogP contribution in [0.4, 0.5) is 5.82 Å². The van der Waals surface area contributed by atoms with Gasteiger partial charge in [-0.3, -0.25) is 4.79 Å². The fraction of sp³-hybridized carbons (Fsp3) is 0.300. The summed E-state index contributed by atoms with van der Waals surface area (Å²) < 4.78 is 0. The van der Waals surface area contributed by atoms with E-state index >= 15 is 0 Å². The topological polar surface area (TPSA) is 54.9 Å². The molecule has 80 valence electrons. The van der Waals surface area contributed by atoms with E-state index in [1.165, 1.54) is 12.4 Å². The van der Waals surface area contributed by atoms with Gasteiger partial charge in [0.1, 0.15) is 5.15 Å². The molecule has 0 aromatic carbocycles. The van der Waals surface area contributed by atoms with Crippen LogP contribution in [0.5, 0.6) is 0 Å². The predicted molar refractivity (Wildman–Crippen MR) is 59.7 cm³/mol. The highest BCUT2D eigenvalue weighted by atomic mass is 35.5. The molecular weight excluding hydrogens is 214 g/mol. The number of anilines is 1. The van der Waals surface area contributed by atoms with Gasteiger partial charge in [0.2, 0.25) is 0 Å². The summed E-state index contributed by atoms with van der Waals surface area (Å²) in [6.07, 6.45) is 5.47. The maximum atomic E-state index is 11.5. The Kier molecular flexibility index (Phi) is 4.24. The van der Waals surface area contributed by atoms with E-state index in [1.54, 1.807) is 6.92 Å². The molecule has 0 spiro atoms. The first kappa shape index (κ1) is 11.7. The minimum atomic E-state index is -0.173. The Balaban J connectivity index is 2.66. The predicted octanol–water partition coefficient (Wildman–Crippen LogP) is 2.42. The molecule has 1 N–H and O–H groups in total. The highest BCUT2D eigenvalue weighted by Gasteiger charge is 2.04. The standard InChI is InChI=1S/C10H12ClN3O/c1-3-4-7(2)10(15)14-9-6-12-8(11)5-13-9/h4-6H,3H2,1-2H3,(H,13,14,15)/b7-4-. The minimum Gasteiger partial charge on any atom is -0.306 e. The number of nitrogens with one attached hydrogen (secondary N) is 1. The van der Waals surface area contributed by atoms with Gasteiger partial charge in [-0.1, -0.05) is 24.6 Å². The first-order valence-corrected chi connectivity index (χ1v) is 4.97. The quantitative estimate of drug-likeness (QED) is 0.804. The van der Waals surface area contributed by atoms with Gasteiger partial charge in [-0.25, -0.2) is 9.97 Å². The van der Waals surface area contributed by atoms with Crippen molar-refractivity contribution in [1.29, 1.82) is 0 Å². The first-order valence-electron chi connectivity index (χ1n) is 4.59. The molecule has 0 saturated heterocycles. The van der Waals surface area contributed by atoms with E-state index in [-0.39, 0.29) is 5.91 Å². The van der Waals surface area contributed by atoms with Crippen LogP contribution in [0.15, 0.2) is 24.0 Å². The van der Waals surface area contributed by atoms with E-state index < -0.39 is 0 Å². The highest BCUT2D eigenvalue weighted by molar-refractivity contribution is 6.29. The van der Waals surface area contributed by atoms with Gasteiger partial charge < -0.3 is 5.32 Å². The van der Waals surface area contributed by atoms with Gasteiger partial charge in [-0.15, -0.1) is 0 Å². The number of carbonyl (C=O) groups excluding carboxylic acids is 1. The van der Waals surface area contributed by atoms with Crippen LogP contribution < -0.4 is 5.32 Å². The Morgan fingerprint density at radius 1 is 1.53 bits per heavy atom. The lowest BCUT2D eigenvalue weighted by atomic mass is 10.2. The summed E-state index contributed by atoms with van der Waals surface area (Å²) >= 11 is 5.56. The molecule has 0 saturated carbocycles. The lowest BCUT2D eigenvalue weighted by Crippen LogP contribution is -2.13. The number of aromatic nitrogens is 2. The second-order valence-corrected chi connectivity index (χ2v) is 3.36. The summed E-state index contributed by atoms with van der Waals surface area (Å²) in [6, 6.07) is 0. The summed E-state index contributed by atoms with van der Waals surface area (Å²) in [6.45, 7) is 3.72. The average Bonchev–Trinajstić information content (AvgIpc) is 2.22. The van der Waals surface area contributed by atoms with Gasteiger partial charge in [0.15, 0.2) is 5.82 Å². The molecule has 0 aliphatic carbocycles. The molecule has 0 atom stereocenters. The smallest absolute Gasteiger partial charge is 0.252 e. The van der Waals surface area contributed by atoms with Gasteiger partial charge in [-0.05, 0) is 13.3 Å². The van der Waals surface area contributed by atoms with Crippen LogP contribution in [0.25, 0.3) is 0 Å². The molecule has 0 fully saturated rings. The van der Waals surface area contributed by atoms with Crippen molar-refractivity contribution in [3.8, 4) is 0 Å². The molecule has 0 bridgehead atoms. The Hall–Kier alpha value is -1.42. The van der Waals surface area contributed by atoms with Gasteiger partial charge in [-0.2, -0.15) is 0 Å². The van der Waals surface area contributed by atoms with Crippen molar-refractivity contribution in [3.63, 3.8) is 0 Å². The summed E-state index contributed by atoms with van der Waals surface area (Å²) in [7, 11) is 0. The molecule has 1 amide bonds. The largest absolute Gasteiger partial charge is 0.306 e. The van der Waals surface area contributed by atoms with Crippen molar-refractivity contribution in [2.75, 3.05) is 5.32 Å². The molecule has 1 heterocycles. The lowest BCUT2D eigenvalue weighted by molar-refractivity contribution is -0.112. The summed E-state index contributed by atoms with van der Waals surface area (Å²) in [5.41, 5.74) is 0.661. The second kappa shape index (κ2) is 5.46. The van der Waals surface area contributed by atoms with Gasteiger partial charge in [0, 0.05) is 5.57 Å². The lowest BCUT2D eigenvalue weighted by Gasteiger charge is -2.03. The fourth-order valence-corrected chi connectivity index (χ4v) is 1.09. The van der Waals surface area contributed by atoms with Crippen molar-refractivity contribution < 1.29 is 4.79 Å². The minimum absolute atomic E-state index is 0.173. The van der Waals surface area contributed by atoms with Crippen LogP contribution in [-0.2, 0) is 4.79 Å². The van der Waals surface area contributed by atoms with E-state index in [9.17, 15) is 4.79 Å². The average molecular weight is 226 g/mol. The van der Waals surface area contributed by atoms with E-state index in [0.717, 1.165) is 6.42 Å². The van der Waals surface area contributed by atoms with Gasteiger partial charge in [0.25, 0.3) is 5.91 Å². The number of hydrogen-bond donors (Lipinski definition) is 1. The fourth-order valence-electron chi connectivity index (χ4n) is 0.991. The van der Waals surface area contributed by atoms with Crippen molar-refractivity contribution in [1.82, 2.24) is 9.97 Å². The maximum absolute atomic E-state index is 11.5. The summed E-state index contributed by atoms with van der Waals surface area (Å²) in [5, 5.41) is 2.91. The van der Waals surface area contributed by atoms with Gasteiger partial charge in [0.05, 0.1) is 12.4 Å². The van der Waals surface area contributed by atoms with Crippen molar-refractivity contribution in [3.05, 3.63) is 29.2 Å². The molecule has 0 aliphatic rings. The monoisotopic (exact) mass is 225 g/mol. The molecule has 0 aliphatic heterocycles. The Morgan fingerprint density at radius 2 is 2.27 bits per heavy atom. The number of amides is 1. The van der Waals surface area contributed by atoms with Crippen molar-refractivity contribution >= 4 is 23.3 Å². The zero-order chi connectivity index (χ0) is 11.3. The third-order valence-corrected chi connectivity index (χ3v) is 1.93. The van der Waals surface area contributed by atoms with Crippen LogP contribution in [0.1, 0.15) is 20.3 Å². The molecule has 1 rings (SSSR count). The number of carbonyl (C=O) groups is 1. The van der Waals surface area contributed by atoms with E-state index in [0.29, 0.717) is 16.5 Å². The third kappa shape index (κ3) is 3.67. The van der Waals surface area contributed by atoms with E-state index in [1.807, 2.05) is 13.0 Å². The zero-order valence-corrected chi connectivity index (χ0v) is 9.38. The van der Waals surface area contributed by atoms with Crippen molar-refractivity contribution in [2.45, 2.75) is 20.3 Å². The van der Waals surface area contributed by atoms with Crippen LogP contribution >= 0.6 is 11.6 Å². The molecular formula is C10H12ClN3O. The van der Waals surface area contributed by atoms with E-state index in [4.69, 9.17) is 11.6 Å². The number of hydrogen-bond acceptors (Lipinski definition) is 3. The molecule has 0 radical (unpaired) electrons. The number of nitrogens with zero attached hydrogens (tertiary/aromatic N) is 2. The Labute approximate surface area is 93.4 Å². The second-order valence-electron chi connectivity index (χ2n) is 2.97. The Morgan fingerprint density at radius 3 is 2.80 bits per heavy atom. The SMILES string of the molecule is CC/C=C(/C)C(=O)Nc1cnc(Cl)cn1. The zero-order valence-electron chi connectivity index (χ0n) is 8.62. The number of halogens is 1. The Bertz CT molecular complexity index is 373. The summed E-state index contributed by atoms with van der Waals surface area (Å²) in [4.78, 5) is 19.2. The van der Waals surface area contributed by atoms with Crippen LogP contribution in [0.3, 0.4) is 0 Å². The number of rotatable bonds is 3. The first-order chi connectivity index (χ1) is 7.13. The molecule has 0 unspecified atom stereocenters.